The fourth-order valence-corrected chi connectivity index (χ4v) is 1.45. The molecule has 0 spiro atoms. The van der Waals surface area contributed by atoms with Crippen molar-refractivity contribution in [2.45, 2.75) is 0 Å². The van der Waals surface area contributed by atoms with Gasteiger partial charge in [-0.3, -0.25) is 9.27 Å². The highest BCUT2D eigenvalue weighted by atomic mass is 79.9. The zero-order chi connectivity index (χ0) is 9.19. The summed E-state index contributed by atoms with van der Waals surface area (Å²) in [5, 5.41) is 0. The zero-order valence-corrected chi connectivity index (χ0v) is 8.18. The van der Waals surface area contributed by atoms with Crippen molar-refractivity contribution in [2.24, 2.45) is 0 Å². The first-order valence-electron chi connectivity index (χ1n) is 2.90. The molecule has 1 aromatic rings. The Bertz CT molecular complexity index is 376. The lowest BCUT2D eigenvalue weighted by Gasteiger charge is -2.01. The molecule has 0 saturated carbocycles. The molecule has 0 unspecified atom stereocenters. The van der Waals surface area contributed by atoms with Gasteiger partial charge < -0.3 is 0 Å². The monoisotopic (exact) mass is 250 g/mol. The molecule has 12 heavy (non-hydrogen) atoms. The number of rotatable bonds is 2. The first kappa shape index (κ1) is 9.50. The van der Waals surface area contributed by atoms with E-state index in [0.717, 1.165) is 0 Å². The summed E-state index contributed by atoms with van der Waals surface area (Å²) in [6.07, 6.45) is 0. The third kappa shape index (κ3) is 3.21. The Balaban J connectivity index is 2.91. The van der Waals surface area contributed by atoms with Gasteiger partial charge in [0.1, 0.15) is 0 Å². The van der Waals surface area contributed by atoms with Crippen molar-refractivity contribution in [1.82, 2.24) is 0 Å². The molecule has 1 radical (unpaired) electrons. The van der Waals surface area contributed by atoms with Crippen LogP contribution in [0.4, 0.5) is 5.69 Å². The molecule has 2 N–H and O–H groups in total. The predicted octanol–water partition coefficient (Wildman–Crippen LogP) is 1.46. The highest BCUT2D eigenvalue weighted by Crippen LogP contribution is 2.15. The second kappa shape index (κ2) is 3.42. The van der Waals surface area contributed by atoms with Crippen molar-refractivity contribution in [3.8, 4) is 0 Å². The molecule has 6 heteroatoms. The van der Waals surface area contributed by atoms with E-state index in [9.17, 15) is 8.42 Å². The molecule has 1 rings (SSSR count). The number of halogens is 1. The van der Waals surface area contributed by atoms with Crippen molar-refractivity contribution in [2.75, 3.05) is 4.72 Å². The molecule has 0 bridgehead atoms. The van der Waals surface area contributed by atoms with Gasteiger partial charge in [0.05, 0.1) is 5.69 Å². The van der Waals surface area contributed by atoms with Crippen LogP contribution in [0.15, 0.2) is 22.7 Å². The van der Waals surface area contributed by atoms with Crippen molar-refractivity contribution < 1.29 is 13.0 Å². The first-order chi connectivity index (χ1) is 5.47. The van der Waals surface area contributed by atoms with Gasteiger partial charge in [-0.05, 0) is 18.2 Å². The van der Waals surface area contributed by atoms with Crippen LogP contribution in [0.2, 0.25) is 0 Å². The highest BCUT2D eigenvalue weighted by Gasteiger charge is 2.02. The molecule has 0 aliphatic rings. The molecular weight excluding hydrogens is 246 g/mol. The number of nitrogens with one attached hydrogen (secondary N) is 1. The Labute approximate surface area is 78.6 Å². The number of benzene rings is 1. The fourth-order valence-electron chi connectivity index (χ4n) is 0.650. The van der Waals surface area contributed by atoms with Gasteiger partial charge in [0, 0.05) is 4.47 Å². The molecule has 0 atom stereocenters. The summed E-state index contributed by atoms with van der Waals surface area (Å²) >= 11 is 3.10. The highest BCUT2D eigenvalue weighted by molar-refractivity contribution is 9.10. The standard InChI is InChI=1S/C6H5BrNO3S/c7-5-2-1-3-6(4-5)8-12(9,10)11/h1,3-4,8H,(H,9,10,11). The van der Waals surface area contributed by atoms with Crippen LogP contribution in [0.25, 0.3) is 0 Å². The molecule has 4 nitrogen and oxygen atoms in total. The number of anilines is 1. The second-order valence-corrected chi connectivity index (χ2v) is 4.01. The fraction of sp³-hybridized carbons (Fsp3) is 0. The van der Waals surface area contributed by atoms with E-state index in [1.165, 1.54) is 18.2 Å². The quantitative estimate of drug-likeness (QED) is 0.782. The SMILES string of the molecule is O=S(=O)(O)Nc1cc[c]c(Br)c1. The largest absolute Gasteiger partial charge is 0.357 e. The Kier molecular flexibility index (Phi) is 2.71. The predicted molar refractivity (Wildman–Crippen MR) is 48.1 cm³/mol. The topological polar surface area (TPSA) is 66.4 Å². The maximum atomic E-state index is 10.3. The summed E-state index contributed by atoms with van der Waals surface area (Å²) in [6, 6.07) is 7.23. The molecule has 65 valence electrons. The van der Waals surface area contributed by atoms with E-state index in [4.69, 9.17) is 4.55 Å². The van der Waals surface area contributed by atoms with E-state index >= 15 is 0 Å². The Hall–Kier alpha value is -0.590. The van der Waals surface area contributed by atoms with Gasteiger partial charge >= 0.3 is 10.3 Å². The molecule has 0 saturated heterocycles. The molecule has 0 fully saturated rings. The van der Waals surface area contributed by atoms with Crippen LogP contribution in [0.5, 0.6) is 0 Å². The molecule has 0 amide bonds. The molecule has 0 heterocycles. The van der Waals surface area contributed by atoms with Gasteiger partial charge in [0.15, 0.2) is 0 Å². The van der Waals surface area contributed by atoms with Crippen molar-refractivity contribution >= 4 is 31.9 Å². The van der Waals surface area contributed by atoms with Crippen molar-refractivity contribution in [3.05, 3.63) is 28.7 Å². The normalized spacial score (nSPS) is 11.2. The number of hydrogen-bond acceptors (Lipinski definition) is 2. The van der Waals surface area contributed by atoms with E-state index in [1.54, 1.807) is 0 Å². The Morgan fingerprint density at radius 2 is 2.25 bits per heavy atom. The minimum absolute atomic E-state index is 0.281. The molecule has 0 aromatic heterocycles. The van der Waals surface area contributed by atoms with E-state index < -0.39 is 10.3 Å². The maximum absolute atomic E-state index is 10.3. The molecule has 0 aliphatic heterocycles. The minimum atomic E-state index is -4.18. The number of hydrogen-bond donors (Lipinski definition) is 2. The van der Waals surface area contributed by atoms with Gasteiger partial charge in [0.25, 0.3) is 0 Å². The van der Waals surface area contributed by atoms with Crippen LogP contribution in [0.3, 0.4) is 0 Å². The minimum Gasteiger partial charge on any atom is -0.269 e. The van der Waals surface area contributed by atoms with Crippen LogP contribution in [-0.4, -0.2) is 13.0 Å². The maximum Gasteiger partial charge on any atom is 0.357 e. The van der Waals surface area contributed by atoms with Crippen LogP contribution in [-0.2, 0) is 10.3 Å². The van der Waals surface area contributed by atoms with Gasteiger partial charge in [-0.25, -0.2) is 0 Å². The average Bonchev–Trinajstić information content (AvgIpc) is 1.82. The molecular formula is C6H5BrNO3S. The van der Waals surface area contributed by atoms with Crippen molar-refractivity contribution in [3.63, 3.8) is 0 Å². The van der Waals surface area contributed by atoms with Gasteiger partial charge in [-0.15, -0.1) is 0 Å². The van der Waals surface area contributed by atoms with Crippen LogP contribution in [0.1, 0.15) is 0 Å². The molecule has 1 aromatic carbocycles. The van der Waals surface area contributed by atoms with Crippen molar-refractivity contribution in [1.29, 1.82) is 0 Å². The summed E-state index contributed by atoms with van der Waals surface area (Å²) < 4.78 is 31.6. The van der Waals surface area contributed by atoms with E-state index in [-0.39, 0.29) is 5.69 Å². The molecule has 0 aliphatic carbocycles. The smallest absolute Gasteiger partial charge is 0.269 e. The van der Waals surface area contributed by atoms with Crippen LogP contribution < -0.4 is 4.72 Å². The summed E-state index contributed by atoms with van der Waals surface area (Å²) in [7, 11) is -4.18. The average molecular weight is 251 g/mol. The first-order valence-corrected chi connectivity index (χ1v) is 5.13. The van der Waals surface area contributed by atoms with Gasteiger partial charge in [-0.1, -0.05) is 22.0 Å². The van der Waals surface area contributed by atoms with E-state index in [2.05, 4.69) is 22.0 Å². The zero-order valence-electron chi connectivity index (χ0n) is 5.78. The second-order valence-electron chi connectivity index (χ2n) is 2.00. The van der Waals surface area contributed by atoms with E-state index in [0.29, 0.717) is 4.47 Å². The Morgan fingerprint density at radius 3 is 2.75 bits per heavy atom. The van der Waals surface area contributed by atoms with Crippen LogP contribution >= 0.6 is 15.9 Å². The summed E-state index contributed by atoms with van der Waals surface area (Å²) in [5.41, 5.74) is 0.281. The Morgan fingerprint density at radius 1 is 1.58 bits per heavy atom. The van der Waals surface area contributed by atoms with E-state index in [1.807, 2.05) is 4.72 Å². The summed E-state index contributed by atoms with van der Waals surface area (Å²) in [6.45, 7) is 0. The summed E-state index contributed by atoms with van der Waals surface area (Å²) in [5.74, 6) is 0. The van der Waals surface area contributed by atoms with Gasteiger partial charge in [-0.2, -0.15) is 8.42 Å². The lowest BCUT2D eigenvalue weighted by atomic mass is 10.3. The van der Waals surface area contributed by atoms with Crippen LogP contribution in [0, 0.1) is 6.07 Å². The summed E-state index contributed by atoms with van der Waals surface area (Å²) in [4.78, 5) is 0. The lowest BCUT2D eigenvalue weighted by Crippen LogP contribution is -2.09. The third-order valence-electron chi connectivity index (χ3n) is 1.01. The van der Waals surface area contributed by atoms with Gasteiger partial charge in [0.2, 0.25) is 0 Å². The third-order valence-corrected chi connectivity index (χ3v) is 1.96. The lowest BCUT2D eigenvalue weighted by molar-refractivity contribution is 0.490.